The van der Waals surface area contributed by atoms with Crippen LogP contribution in [-0.2, 0) is 37.9 Å². The van der Waals surface area contributed by atoms with Crippen LogP contribution in [0.5, 0.6) is 0 Å². The van der Waals surface area contributed by atoms with Crippen molar-refractivity contribution in [1.29, 1.82) is 0 Å². The molecule has 2 aliphatic rings. The van der Waals surface area contributed by atoms with E-state index in [0.29, 0.717) is 0 Å². The summed E-state index contributed by atoms with van der Waals surface area (Å²) in [5.74, 6) is 0. The molecule has 3 heterocycles. The van der Waals surface area contributed by atoms with Crippen molar-refractivity contribution < 1.29 is 0 Å². The van der Waals surface area contributed by atoms with Gasteiger partial charge in [-0.3, -0.25) is 0 Å². The molecule has 0 amide bonds. The maximum absolute atomic E-state index is 2.79. The van der Waals surface area contributed by atoms with Crippen LogP contribution in [0.25, 0.3) is 94.3 Å². The van der Waals surface area contributed by atoms with Gasteiger partial charge in [-0.15, -0.1) is 0 Å². The van der Waals surface area contributed by atoms with Gasteiger partial charge in [0.1, 0.15) is 0 Å². The molecular formula is C108H112BN3. The lowest BCUT2D eigenvalue weighted by molar-refractivity contribution is 0.569. The second-order valence-corrected chi connectivity index (χ2v) is 39.7. The van der Waals surface area contributed by atoms with E-state index in [1.54, 1.807) is 0 Å². The van der Waals surface area contributed by atoms with Gasteiger partial charge < -0.3 is 14.4 Å². The van der Waals surface area contributed by atoms with Gasteiger partial charge in [0.05, 0.1) is 22.4 Å². The Kier molecular flexibility index (Phi) is 18.2. The third-order valence-electron chi connectivity index (χ3n) is 24.2. The van der Waals surface area contributed by atoms with Gasteiger partial charge in [-0.2, -0.15) is 0 Å². The van der Waals surface area contributed by atoms with E-state index in [-0.39, 0.29) is 44.6 Å². The standard InChI is InChI=1S/C108H112BN3/c1-67-43-49-82(68(2)55-67)74-59-97-99-98(60-74)112(100-84(69-33-26-24-27-34-69)41-32-42-85(100)70-35-28-25-29-36-70)96-66-81(110-93-53-46-77(104(9,10)11)61-88(93)89-62-78(105(12,13)14)47-54-94(89)110)48-52-92(96)109(99)91-51-44-73(83-50-45-79(106(15,16)17)65-90(83)108(21,22)23)58-95(91)111(97)101-86(71-37-30-39-75(56-71)102(3,4)5)63-80(107(18,19)20)64-87(101)72-38-31-40-76(57-72)103(6,7)8/h24-66H,1-23H3. The summed E-state index contributed by atoms with van der Waals surface area (Å²) in [6, 6.07) is 103. The average molecular weight is 1460 g/mol. The zero-order valence-electron chi connectivity index (χ0n) is 70.7. The Balaban J connectivity index is 1.13. The molecule has 3 nitrogen and oxygen atoms in total. The van der Waals surface area contributed by atoms with Crippen molar-refractivity contribution in [2.75, 3.05) is 9.80 Å². The number of aromatic nitrogens is 1. The van der Waals surface area contributed by atoms with E-state index in [9.17, 15) is 0 Å². The lowest BCUT2D eigenvalue weighted by Crippen LogP contribution is -2.61. The lowest BCUT2D eigenvalue weighted by atomic mass is 9.33. The van der Waals surface area contributed by atoms with Crippen molar-refractivity contribution in [2.45, 2.75) is 197 Å². The smallest absolute Gasteiger partial charge is 0.252 e. The van der Waals surface area contributed by atoms with Crippen LogP contribution in [0.3, 0.4) is 0 Å². The molecule has 4 heteroatoms. The molecule has 0 fully saturated rings. The number of benzene rings is 13. The number of aryl methyl sites for hydroxylation is 2. The molecule has 0 atom stereocenters. The minimum Gasteiger partial charge on any atom is -0.310 e. The largest absolute Gasteiger partial charge is 0.310 e. The van der Waals surface area contributed by atoms with Crippen molar-refractivity contribution in [2.24, 2.45) is 0 Å². The summed E-state index contributed by atoms with van der Waals surface area (Å²) in [6.45, 7) is 53.9. The first kappa shape index (κ1) is 75.4. The van der Waals surface area contributed by atoms with E-state index in [0.717, 1.165) is 67.6 Å². The van der Waals surface area contributed by atoms with E-state index in [1.807, 2.05) is 0 Å². The summed E-state index contributed by atoms with van der Waals surface area (Å²) in [6.07, 6.45) is 0. The summed E-state index contributed by atoms with van der Waals surface area (Å²) in [4.78, 5) is 5.53. The molecule has 0 spiro atoms. The van der Waals surface area contributed by atoms with Crippen LogP contribution in [0.2, 0.25) is 0 Å². The van der Waals surface area contributed by atoms with Gasteiger partial charge in [0.15, 0.2) is 0 Å². The Bertz CT molecular complexity index is 5860. The number of hydrogen-bond donors (Lipinski definition) is 0. The van der Waals surface area contributed by atoms with E-state index in [4.69, 9.17) is 0 Å². The van der Waals surface area contributed by atoms with E-state index in [2.05, 4.69) is 434 Å². The Morgan fingerprint density at radius 2 is 0.652 bits per heavy atom. The molecule has 2 aliphatic heterocycles. The van der Waals surface area contributed by atoms with Crippen LogP contribution in [0.1, 0.15) is 195 Å². The number of para-hydroxylation sites is 1. The predicted octanol–water partition coefficient (Wildman–Crippen LogP) is 28.6. The Labute approximate surface area is 669 Å². The van der Waals surface area contributed by atoms with Crippen LogP contribution in [0, 0.1) is 13.8 Å². The molecule has 14 aromatic rings. The monoisotopic (exact) mass is 1460 g/mol. The van der Waals surface area contributed by atoms with E-state index < -0.39 is 0 Å². The van der Waals surface area contributed by atoms with Gasteiger partial charge in [0, 0.05) is 61.5 Å². The first-order valence-electron chi connectivity index (χ1n) is 40.8. The summed E-state index contributed by atoms with van der Waals surface area (Å²) in [5.41, 5.74) is 39.0. The molecule has 1 aromatic heterocycles. The van der Waals surface area contributed by atoms with Gasteiger partial charge >= 0.3 is 0 Å². The van der Waals surface area contributed by atoms with Gasteiger partial charge in [-0.25, -0.2) is 0 Å². The molecule has 0 aliphatic carbocycles. The molecule has 0 unspecified atom stereocenters. The summed E-state index contributed by atoms with van der Waals surface area (Å²) in [5, 5.41) is 2.53. The fraction of sp³-hybridized carbons (Fsp3) is 0.278. The first-order chi connectivity index (χ1) is 52.8. The number of fused-ring (bicyclic) bond motifs is 7. The summed E-state index contributed by atoms with van der Waals surface area (Å²) >= 11 is 0. The zero-order valence-corrected chi connectivity index (χ0v) is 70.7. The van der Waals surface area contributed by atoms with E-state index in [1.165, 1.54) is 127 Å². The van der Waals surface area contributed by atoms with Crippen molar-refractivity contribution >= 4 is 79.0 Å². The molecule has 16 rings (SSSR count). The van der Waals surface area contributed by atoms with Crippen LogP contribution >= 0.6 is 0 Å². The highest BCUT2D eigenvalue weighted by Gasteiger charge is 2.47. The van der Waals surface area contributed by atoms with Gasteiger partial charge in [-0.1, -0.05) is 345 Å². The van der Waals surface area contributed by atoms with Gasteiger partial charge in [-0.05, 0) is 224 Å². The first-order valence-corrected chi connectivity index (χ1v) is 40.8. The third-order valence-corrected chi connectivity index (χ3v) is 24.2. The quantitative estimate of drug-likeness (QED) is 0.133. The molecule has 0 bridgehead atoms. The van der Waals surface area contributed by atoms with Crippen molar-refractivity contribution in [1.82, 2.24) is 4.57 Å². The molecule has 112 heavy (non-hydrogen) atoms. The van der Waals surface area contributed by atoms with Crippen LogP contribution in [0.15, 0.2) is 261 Å². The van der Waals surface area contributed by atoms with Crippen molar-refractivity contribution in [3.8, 4) is 72.4 Å². The molecule has 13 aromatic carbocycles. The minimum atomic E-state index is -0.260. The summed E-state index contributed by atoms with van der Waals surface area (Å²) in [7, 11) is 0. The van der Waals surface area contributed by atoms with E-state index >= 15 is 0 Å². The Morgan fingerprint density at radius 3 is 1.12 bits per heavy atom. The highest BCUT2D eigenvalue weighted by molar-refractivity contribution is 7.00. The second-order valence-electron chi connectivity index (χ2n) is 39.7. The van der Waals surface area contributed by atoms with Crippen molar-refractivity contribution in [3.05, 3.63) is 311 Å². The predicted molar refractivity (Wildman–Crippen MR) is 488 cm³/mol. The summed E-state index contributed by atoms with van der Waals surface area (Å²) < 4.78 is 2.57. The average Bonchev–Trinajstić information content (AvgIpc) is 0.775. The Morgan fingerprint density at radius 1 is 0.250 bits per heavy atom. The molecule has 562 valence electrons. The van der Waals surface area contributed by atoms with Crippen molar-refractivity contribution in [3.63, 3.8) is 0 Å². The van der Waals surface area contributed by atoms with Gasteiger partial charge in [0.2, 0.25) is 0 Å². The number of nitrogens with zero attached hydrogens (tertiary/aromatic N) is 3. The third kappa shape index (κ3) is 13.4. The maximum atomic E-state index is 2.79. The lowest BCUT2D eigenvalue weighted by Gasteiger charge is -2.46. The fourth-order valence-electron chi connectivity index (χ4n) is 17.7. The SMILES string of the molecule is Cc1ccc(-c2cc3c4c(c2)N(c2c(-c5ccccc5)cccc2-c2ccccc2)c2cc(-n5c6ccc(C(C)(C)C)cc6c6cc(C(C)(C)C)ccc65)ccc2B4c2ccc(-c4ccc(C(C)(C)C)cc4C(C)(C)C)cc2N3c2c(-c3cccc(C(C)(C)C)c3)cc(C(C)(C)C)cc2-c2cccc(C(C)(C)C)c2)c(C)c1. The van der Waals surface area contributed by atoms with Crippen LogP contribution in [-0.4, -0.2) is 11.3 Å². The number of hydrogen-bond acceptors (Lipinski definition) is 2. The second kappa shape index (κ2) is 27.0. The fourth-order valence-corrected chi connectivity index (χ4v) is 17.7. The number of rotatable bonds is 9. The zero-order chi connectivity index (χ0) is 79.4. The van der Waals surface area contributed by atoms with Gasteiger partial charge in [0.25, 0.3) is 6.71 Å². The molecule has 0 saturated heterocycles. The normalized spacial score (nSPS) is 13.4. The molecule has 0 radical (unpaired) electrons. The highest BCUT2D eigenvalue weighted by atomic mass is 15.2. The van der Waals surface area contributed by atoms with Crippen LogP contribution < -0.4 is 26.2 Å². The van der Waals surface area contributed by atoms with Crippen LogP contribution in [0.4, 0.5) is 34.1 Å². The Hall–Kier alpha value is -10.7. The number of anilines is 6. The molecular weight excluding hydrogens is 1350 g/mol. The molecule has 0 N–H and O–H groups in total. The maximum Gasteiger partial charge on any atom is 0.252 e. The topological polar surface area (TPSA) is 11.4 Å². The highest BCUT2D eigenvalue weighted by Crippen LogP contribution is 2.56. The molecule has 0 saturated carbocycles. The minimum absolute atomic E-state index is 0.0561.